The molecule has 1 aliphatic heterocycles. The molecule has 0 spiro atoms. The minimum absolute atomic E-state index is 0.0406. The predicted octanol–water partition coefficient (Wildman–Crippen LogP) is 2.68. The molecule has 9 heteroatoms. The summed E-state index contributed by atoms with van der Waals surface area (Å²) < 4.78 is 27.2. The molecular weight excluding hydrogens is 432 g/mol. The van der Waals surface area contributed by atoms with Gasteiger partial charge in [-0.05, 0) is 24.3 Å². The Morgan fingerprint density at radius 3 is 1.76 bits per heavy atom. The third kappa shape index (κ3) is 6.88. The number of esters is 4. The van der Waals surface area contributed by atoms with E-state index in [0.29, 0.717) is 11.1 Å². The number of rotatable bonds is 7. The molecule has 0 saturated carbocycles. The van der Waals surface area contributed by atoms with Gasteiger partial charge in [0.15, 0.2) is 6.10 Å². The van der Waals surface area contributed by atoms with Crippen molar-refractivity contribution in [3.05, 3.63) is 71.8 Å². The lowest BCUT2D eigenvalue weighted by Crippen LogP contribution is -2.53. The molecule has 4 atom stereocenters. The Balaban J connectivity index is 1.81. The molecule has 0 bridgehead atoms. The van der Waals surface area contributed by atoms with Crippen molar-refractivity contribution in [2.75, 3.05) is 6.61 Å². The number of carbonyl (C=O) groups excluding carboxylic acids is 4. The standard InChI is InChI=1S/C24H24O9/c1-15(25)29-14-21-19(31-22(27)17-9-5-3-6-10-17)13-20(24(33-21)30-16(2)26)32-23(28)18-11-7-4-8-12-18/h3-12,19-21,24H,13-14H2,1-2H3/t19-,20+,21-,24+/m0/s1. The van der Waals surface area contributed by atoms with E-state index in [9.17, 15) is 19.2 Å². The highest BCUT2D eigenvalue weighted by Crippen LogP contribution is 2.28. The summed E-state index contributed by atoms with van der Waals surface area (Å²) in [6.07, 6.45) is -4.28. The molecule has 0 aromatic heterocycles. The molecule has 0 amide bonds. The maximum absolute atomic E-state index is 12.6. The van der Waals surface area contributed by atoms with Gasteiger partial charge in [0.05, 0.1) is 11.1 Å². The fourth-order valence-electron chi connectivity index (χ4n) is 3.24. The first-order valence-corrected chi connectivity index (χ1v) is 10.3. The van der Waals surface area contributed by atoms with E-state index >= 15 is 0 Å². The van der Waals surface area contributed by atoms with Crippen LogP contribution in [0.1, 0.15) is 41.0 Å². The van der Waals surface area contributed by atoms with Crippen molar-refractivity contribution in [3.63, 3.8) is 0 Å². The van der Waals surface area contributed by atoms with Gasteiger partial charge in [0.25, 0.3) is 0 Å². The first kappa shape index (κ1) is 23.9. The van der Waals surface area contributed by atoms with E-state index in [1.165, 1.54) is 13.8 Å². The average Bonchev–Trinajstić information content (AvgIpc) is 2.80. The summed E-state index contributed by atoms with van der Waals surface area (Å²) in [5.74, 6) is -2.51. The van der Waals surface area contributed by atoms with E-state index in [1.54, 1.807) is 60.7 Å². The summed E-state index contributed by atoms with van der Waals surface area (Å²) in [4.78, 5) is 48.2. The summed E-state index contributed by atoms with van der Waals surface area (Å²) in [7, 11) is 0. The Morgan fingerprint density at radius 1 is 0.758 bits per heavy atom. The topological polar surface area (TPSA) is 114 Å². The molecule has 1 saturated heterocycles. The van der Waals surface area contributed by atoms with E-state index in [2.05, 4.69) is 0 Å². The zero-order valence-electron chi connectivity index (χ0n) is 18.2. The zero-order chi connectivity index (χ0) is 23.8. The van der Waals surface area contributed by atoms with Gasteiger partial charge in [0.1, 0.15) is 18.8 Å². The summed E-state index contributed by atoms with van der Waals surface area (Å²) in [6.45, 7) is 2.16. The second kappa shape index (κ2) is 11.2. The first-order valence-electron chi connectivity index (χ1n) is 10.3. The number of benzene rings is 2. The van der Waals surface area contributed by atoms with Gasteiger partial charge < -0.3 is 23.7 Å². The number of hydrogen-bond donors (Lipinski definition) is 0. The molecule has 2 aromatic carbocycles. The maximum Gasteiger partial charge on any atom is 0.338 e. The number of hydrogen-bond acceptors (Lipinski definition) is 9. The molecule has 3 rings (SSSR count). The second-order valence-electron chi connectivity index (χ2n) is 7.31. The Bertz CT molecular complexity index is 974. The van der Waals surface area contributed by atoms with Crippen LogP contribution in [0.3, 0.4) is 0 Å². The molecule has 2 aromatic rings. The maximum atomic E-state index is 12.6. The fourth-order valence-corrected chi connectivity index (χ4v) is 3.24. The normalized spacial score (nSPS) is 22.0. The van der Waals surface area contributed by atoms with Gasteiger partial charge >= 0.3 is 23.9 Å². The summed E-state index contributed by atoms with van der Waals surface area (Å²) in [5, 5.41) is 0. The van der Waals surface area contributed by atoms with E-state index < -0.39 is 48.5 Å². The molecule has 0 unspecified atom stereocenters. The van der Waals surface area contributed by atoms with E-state index in [1.807, 2.05) is 0 Å². The van der Waals surface area contributed by atoms with Gasteiger partial charge in [-0.3, -0.25) is 9.59 Å². The van der Waals surface area contributed by atoms with Crippen LogP contribution in [0.4, 0.5) is 0 Å². The molecule has 0 aliphatic carbocycles. The van der Waals surface area contributed by atoms with Crippen molar-refractivity contribution < 1.29 is 42.9 Å². The van der Waals surface area contributed by atoms with Crippen LogP contribution in [0, 0.1) is 0 Å². The van der Waals surface area contributed by atoms with Gasteiger partial charge in [0.2, 0.25) is 6.29 Å². The lowest BCUT2D eigenvalue weighted by Gasteiger charge is -2.39. The van der Waals surface area contributed by atoms with Crippen LogP contribution in [-0.4, -0.2) is 55.1 Å². The van der Waals surface area contributed by atoms with Crippen LogP contribution in [-0.2, 0) is 33.3 Å². The molecular formula is C24H24O9. The fraction of sp³-hybridized carbons (Fsp3) is 0.333. The van der Waals surface area contributed by atoms with Crippen LogP contribution in [0.15, 0.2) is 60.7 Å². The Kier molecular flexibility index (Phi) is 8.15. The largest absolute Gasteiger partial charge is 0.463 e. The number of ether oxygens (including phenoxy) is 5. The molecule has 9 nitrogen and oxygen atoms in total. The molecule has 33 heavy (non-hydrogen) atoms. The molecule has 0 N–H and O–H groups in total. The van der Waals surface area contributed by atoms with Crippen molar-refractivity contribution in [2.24, 2.45) is 0 Å². The zero-order valence-corrected chi connectivity index (χ0v) is 18.2. The van der Waals surface area contributed by atoms with Crippen molar-refractivity contribution >= 4 is 23.9 Å². The van der Waals surface area contributed by atoms with E-state index in [-0.39, 0.29) is 13.0 Å². The lowest BCUT2D eigenvalue weighted by molar-refractivity contribution is -0.262. The number of carbonyl (C=O) groups is 4. The molecule has 0 radical (unpaired) electrons. The molecule has 174 valence electrons. The highest BCUT2D eigenvalue weighted by molar-refractivity contribution is 5.90. The Labute approximate surface area is 190 Å². The van der Waals surface area contributed by atoms with Crippen molar-refractivity contribution in [1.82, 2.24) is 0 Å². The Morgan fingerprint density at radius 2 is 1.27 bits per heavy atom. The van der Waals surface area contributed by atoms with Gasteiger partial charge in [-0.1, -0.05) is 36.4 Å². The van der Waals surface area contributed by atoms with Crippen LogP contribution >= 0.6 is 0 Å². The molecule has 1 aliphatic rings. The van der Waals surface area contributed by atoms with Gasteiger partial charge in [0, 0.05) is 20.3 Å². The quantitative estimate of drug-likeness (QED) is 0.458. The molecule has 1 fully saturated rings. The second-order valence-corrected chi connectivity index (χ2v) is 7.31. The van der Waals surface area contributed by atoms with Crippen molar-refractivity contribution in [1.29, 1.82) is 0 Å². The smallest absolute Gasteiger partial charge is 0.338 e. The summed E-state index contributed by atoms with van der Waals surface area (Å²) in [5.41, 5.74) is 0.600. The Hall–Kier alpha value is -3.72. The monoisotopic (exact) mass is 456 g/mol. The summed E-state index contributed by atoms with van der Waals surface area (Å²) >= 11 is 0. The van der Waals surface area contributed by atoms with Crippen LogP contribution < -0.4 is 0 Å². The molecule has 1 heterocycles. The van der Waals surface area contributed by atoms with E-state index in [4.69, 9.17) is 23.7 Å². The highest BCUT2D eigenvalue weighted by atomic mass is 16.7. The van der Waals surface area contributed by atoms with E-state index in [0.717, 1.165) is 0 Å². The third-order valence-electron chi connectivity index (χ3n) is 4.76. The SMILES string of the molecule is CC(=O)OC[C@@H]1O[C@@H](OC(C)=O)[C@H](OC(=O)c2ccccc2)C[C@@H]1OC(=O)c1ccccc1. The lowest BCUT2D eigenvalue weighted by atomic mass is 10.0. The van der Waals surface area contributed by atoms with Gasteiger partial charge in [-0.25, -0.2) is 9.59 Å². The summed E-state index contributed by atoms with van der Waals surface area (Å²) in [6, 6.07) is 16.6. The van der Waals surface area contributed by atoms with Crippen LogP contribution in [0.2, 0.25) is 0 Å². The van der Waals surface area contributed by atoms with Crippen LogP contribution in [0.5, 0.6) is 0 Å². The van der Waals surface area contributed by atoms with Crippen molar-refractivity contribution in [3.8, 4) is 0 Å². The van der Waals surface area contributed by atoms with Crippen molar-refractivity contribution in [2.45, 2.75) is 44.9 Å². The van der Waals surface area contributed by atoms with Gasteiger partial charge in [-0.2, -0.15) is 0 Å². The minimum Gasteiger partial charge on any atom is -0.463 e. The average molecular weight is 456 g/mol. The minimum atomic E-state index is -1.28. The van der Waals surface area contributed by atoms with Gasteiger partial charge in [-0.15, -0.1) is 0 Å². The predicted molar refractivity (Wildman–Crippen MR) is 113 cm³/mol. The van der Waals surface area contributed by atoms with Crippen LogP contribution in [0.25, 0.3) is 0 Å². The first-order chi connectivity index (χ1) is 15.8. The third-order valence-corrected chi connectivity index (χ3v) is 4.76. The highest BCUT2D eigenvalue weighted by Gasteiger charge is 2.44.